The highest BCUT2D eigenvalue weighted by Crippen LogP contribution is 2.54. The third-order valence-corrected chi connectivity index (χ3v) is 11.3. The summed E-state index contributed by atoms with van der Waals surface area (Å²) in [5.41, 5.74) is 7.19. The molecule has 1 saturated carbocycles. The fourth-order valence-corrected chi connectivity index (χ4v) is 8.55. The van der Waals surface area contributed by atoms with Crippen molar-refractivity contribution in [2.24, 2.45) is 17.8 Å². The van der Waals surface area contributed by atoms with E-state index in [-0.39, 0.29) is 30.0 Å². The molecule has 5 heterocycles. The molecule has 12 heteroatoms. The van der Waals surface area contributed by atoms with Crippen LogP contribution in [0.2, 0.25) is 0 Å². The number of nitrogens with one attached hydrogen (secondary N) is 4. The Hall–Kier alpha value is -4.94. The van der Waals surface area contributed by atoms with Gasteiger partial charge in [0.2, 0.25) is 5.91 Å². The van der Waals surface area contributed by atoms with Crippen LogP contribution in [0.1, 0.15) is 62.4 Å². The quantitative estimate of drug-likeness (QED) is 0.155. The number of methoxy groups -OCH3 is 2. The second-order valence-corrected chi connectivity index (χ2v) is 14.9. The lowest BCUT2D eigenvalue weighted by Gasteiger charge is -2.31. The largest absolute Gasteiger partial charge is 0.488 e. The van der Waals surface area contributed by atoms with E-state index in [9.17, 15) is 9.59 Å². The number of H-pyrrole nitrogens is 2. The fraction of sp³-hybridized carbons (Fsp3) is 0.436. The second kappa shape index (κ2) is 12.4. The zero-order valence-electron chi connectivity index (χ0n) is 29.3. The van der Waals surface area contributed by atoms with Gasteiger partial charge in [0, 0.05) is 30.6 Å². The molecule has 12 nitrogen and oxygen atoms in total. The lowest BCUT2D eigenvalue weighted by atomic mass is 9.92. The van der Waals surface area contributed by atoms with Gasteiger partial charge in [-0.15, -0.1) is 0 Å². The average Bonchev–Trinajstić information content (AvgIpc) is 3.64. The molecule has 3 fully saturated rings. The van der Waals surface area contributed by atoms with Gasteiger partial charge in [-0.3, -0.25) is 4.79 Å². The van der Waals surface area contributed by atoms with Crippen LogP contribution in [0.15, 0.2) is 48.7 Å². The third-order valence-electron chi connectivity index (χ3n) is 11.3. The minimum absolute atomic E-state index is 0.0881. The van der Waals surface area contributed by atoms with Gasteiger partial charge in [-0.05, 0) is 83.4 Å². The minimum atomic E-state index is -0.673. The molecule has 4 N–H and O–H groups in total. The van der Waals surface area contributed by atoms with Gasteiger partial charge in [-0.1, -0.05) is 32.0 Å². The number of carbonyl (C=O) groups excluding carboxylic acids is 2. The molecule has 2 saturated heterocycles. The summed E-state index contributed by atoms with van der Waals surface area (Å²) in [6.07, 6.45) is 4.15. The van der Waals surface area contributed by atoms with Gasteiger partial charge < -0.3 is 39.7 Å². The number of fused-ring (bicyclic) bond motifs is 7. The zero-order valence-corrected chi connectivity index (χ0v) is 29.3. The highest BCUT2D eigenvalue weighted by Gasteiger charge is 2.56. The number of amides is 2. The molecule has 0 spiro atoms. The Bertz CT molecular complexity index is 2170. The van der Waals surface area contributed by atoms with Crippen LogP contribution in [-0.2, 0) is 20.9 Å². The van der Waals surface area contributed by atoms with Crippen molar-refractivity contribution in [1.29, 1.82) is 0 Å². The van der Waals surface area contributed by atoms with Crippen LogP contribution >= 0.6 is 0 Å². The van der Waals surface area contributed by atoms with Gasteiger partial charge in [0.1, 0.15) is 30.0 Å². The summed E-state index contributed by atoms with van der Waals surface area (Å²) in [6.45, 7) is 6.02. The number of benzene rings is 3. The van der Waals surface area contributed by atoms with E-state index in [2.05, 4.69) is 63.1 Å². The number of hydrogen-bond acceptors (Lipinski definition) is 8. The van der Waals surface area contributed by atoms with Crippen molar-refractivity contribution in [3.8, 4) is 28.1 Å². The van der Waals surface area contributed by atoms with Crippen LogP contribution in [0, 0.1) is 17.8 Å². The first-order chi connectivity index (χ1) is 24.8. The molecule has 0 unspecified atom stereocenters. The first-order valence-electron chi connectivity index (χ1n) is 18.0. The molecule has 51 heavy (non-hydrogen) atoms. The van der Waals surface area contributed by atoms with E-state index >= 15 is 0 Å². The van der Waals surface area contributed by atoms with E-state index in [1.165, 1.54) is 7.11 Å². The SMILES string of the molecule is COC[C@@H]1CN[C@H](c2ncc(-c3ccc4c(c3)COc3cc5c(ccc6[nH]c([C@@H]7C[C@@H]8C[C@@H]8N7C(=O)[C@@H](NC(=O)OC)C(C)C)nc65)cc3-4)[nH]2)C1. The summed E-state index contributed by atoms with van der Waals surface area (Å²) in [5.74, 6) is 3.33. The predicted octanol–water partition coefficient (Wildman–Crippen LogP) is 6.01. The third kappa shape index (κ3) is 5.52. The summed E-state index contributed by atoms with van der Waals surface area (Å²) in [7, 11) is 3.07. The molecule has 264 valence electrons. The molecule has 6 atom stereocenters. The van der Waals surface area contributed by atoms with E-state index in [1.54, 1.807) is 7.11 Å². The summed E-state index contributed by atoms with van der Waals surface area (Å²) in [4.78, 5) is 44.9. The van der Waals surface area contributed by atoms with Gasteiger partial charge in [-0.2, -0.15) is 0 Å². The van der Waals surface area contributed by atoms with Crippen LogP contribution in [-0.4, -0.2) is 76.3 Å². The monoisotopic (exact) mass is 689 g/mol. The maximum atomic E-state index is 13.9. The van der Waals surface area contributed by atoms with Crippen molar-refractivity contribution >= 4 is 33.8 Å². The maximum Gasteiger partial charge on any atom is 0.407 e. The Morgan fingerprint density at radius 1 is 1.04 bits per heavy atom. The maximum absolute atomic E-state index is 13.9. The van der Waals surface area contributed by atoms with E-state index in [0.29, 0.717) is 18.4 Å². The van der Waals surface area contributed by atoms with Crippen LogP contribution < -0.4 is 15.4 Å². The van der Waals surface area contributed by atoms with Crippen LogP contribution in [0.25, 0.3) is 44.2 Å². The van der Waals surface area contributed by atoms with Crippen molar-refractivity contribution < 1.29 is 23.8 Å². The Morgan fingerprint density at radius 3 is 2.75 bits per heavy atom. The fourth-order valence-electron chi connectivity index (χ4n) is 8.55. The minimum Gasteiger partial charge on any atom is -0.488 e. The predicted molar refractivity (Wildman–Crippen MR) is 192 cm³/mol. The van der Waals surface area contributed by atoms with Crippen LogP contribution in [0.5, 0.6) is 5.75 Å². The van der Waals surface area contributed by atoms with Crippen molar-refractivity contribution in [1.82, 2.24) is 35.5 Å². The Balaban J connectivity index is 0.993. The molecule has 2 amide bonds. The molecule has 2 aromatic heterocycles. The number of imidazole rings is 2. The Kier molecular flexibility index (Phi) is 7.77. The molecule has 0 radical (unpaired) electrons. The molecule has 5 aromatic rings. The number of likely N-dealkylation sites (tertiary alicyclic amines) is 1. The van der Waals surface area contributed by atoms with Gasteiger partial charge in [0.25, 0.3) is 0 Å². The molecular weight excluding hydrogens is 646 g/mol. The number of rotatable bonds is 8. The first kappa shape index (κ1) is 32.0. The second-order valence-electron chi connectivity index (χ2n) is 14.9. The van der Waals surface area contributed by atoms with E-state index < -0.39 is 12.1 Å². The van der Waals surface area contributed by atoms with Crippen molar-refractivity contribution in [3.63, 3.8) is 0 Å². The number of aromatic nitrogens is 4. The number of ether oxygens (including phenoxy) is 3. The van der Waals surface area contributed by atoms with Gasteiger partial charge in [0.15, 0.2) is 0 Å². The number of alkyl carbamates (subject to hydrolysis) is 1. The van der Waals surface area contributed by atoms with Crippen LogP contribution in [0.3, 0.4) is 0 Å². The van der Waals surface area contributed by atoms with Crippen molar-refractivity contribution in [3.05, 3.63) is 65.9 Å². The smallest absolute Gasteiger partial charge is 0.407 e. The van der Waals surface area contributed by atoms with E-state index in [4.69, 9.17) is 24.2 Å². The molecule has 4 aliphatic rings. The molecule has 0 bridgehead atoms. The van der Waals surface area contributed by atoms with E-state index in [1.807, 2.05) is 24.9 Å². The lowest BCUT2D eigenvalue weighted by molar-refractivity contribution is -0.136. The molecule has 1 aliphatic carbocycles. The van der Waals surface area contributed by atoms with E-state index in [0.717, 1.165) is 99.6 Å². The first-order valence-corrected chi connectivity index (χ1v) is 18.0. The molecule has 9 rings (SSSR count). The number of hydrogen-bond donors (Lipinski definition) is 4. The standard InChI is InChI=1S/C39H43N7O5/c1-19(2)34(45-39(48)50-4)38(47)46-31-12-23(31)13-32(46)37-42-28-8-6-21-11-27-25-7-5-22(10-24(25)18-51-33(27)14-26(21)35(28)44-37)30-16-41-36(43-30)29-9-20(15-40-29)17-49-3/h5-8,10-11,14,16,19-20,23,29,31-32,34,40H,9,12-13,15,17-18H2,1-4H3,(H,41,43)(H,42,44)(H,45,48)/t20-,23-,29-,31-,32-,34-/m0/s1. The summed E-state index contributed by atoms with van der Waals surface area (Å²) in [5, 5.41) is 8.40. The summed E-state index contributed by atoms with van der Waals surface area (Å²) < 4.78 is 16.6. The summed E-state index contributed by atoms with van der Waals surface area (Å²) >= 11 is 0. The number of carbonyl (C=O) groups is 2. The topological polar surface area (TPSA) is 146 Å². The summed E-state index contributed by atoms with van der Waals surface area (Å²) in [6, 6.07) is 14.5. The van der Waals surface area contributed by atoms with Crippen LogP contribution in [0.4, 0.5) is 4.79 Å². The lowest BCUT2D eigenvalue weighted by Crippen LogP contribution is -2.52. The molecule has 3 aromatic carbocycles. The normalized spacial score (nSPS) is 23.9. The van der Waals surface area contributed by atoms with Gasteiger partial charge in [-0.25, -0.2) is 14.8 Å². The van der Waals surface area contributed by atoms with Crippen molar-refractivity contribution in [2.45, 2.75) is 63.9 Å². The number of piperidine rings is 1. The number of aromatic amines is 2. The Labute approximate surface area is 295 Å². The van der Waals surface area contributed by atoms with Gasteiger partial charge in [0.05, 0.1) is 48.7 Å². The van der Waals surface area contributed by atoms with Crippen molar-refractivity contribution in [2.75, 3.05) is 27.4 Å². The average molecular weight is 690 g/mol. The Morgan fingerprint density at radius 2 is 1.92 bits per heavy atom. The van der Waals surface area contributed by atoms with Gasteiger partial charge >= 0.3 is 6.09 Å². The number of nitrogens with zero attached hydrogens (tertiary/aromatic N) is 3. The molecule has 3 aliphatic heterocycles. The highest BCUT2D eigenvalue weighted by molar-refractivity contribution is 6.07. The zero-order chi connectivity index (χ0) is 35.0. The highest BCUT2D eigenvalue weighted by atomic mass is 16.5. The molecular formula is C39H43N7O5.